The van der Waals surface area contributed by atoms with Gasteiger partial charge in [0, 0.05) is 7.11 Å². The lowest BCUT2D eigenvalue weighted by Gasteiger charge is -2.13. The number of hydrogen-bond donors (Lipinski definition) is 1. The lowest BCUT2D eigenvalue weighted by molar-refractivity contribution is -0.161. The fraction of sp³-hybridized carbons (Fsp3) is 1.00. The molecule has 0 radical (unpaired) electrons. The van der Waals surface area contributed by atoms with Crippen molar-refractivity contribution in [3.63, 3.8) is 0 Å². The molecule has 0 amide bonds. The minimum atomic E-state index is -4.26. The zero-order chi connectivity index (χ0) is 8.20. The molecule has 10 heavy (non-hydrogen) atoms. The molecule has 5 heteroatoms. The van der Waals surface area contributed by atoms with Crippen LogP contribution in [0.2, 0.25) is 0 Å². The summed E-state index contributed by atoms with van der Waals surface area (Å²) in [5.74, 6) is 0. The molecule has 1 N–H and O–H groups in total. The van der Waals surface area contributed by atoms with Crippen molar-refractivity contribution in [2.45, 2.75) is 18.7 Å². The van der Waals surface area contributed by atoms with E-state index < -0.39 is 25.3 Å². The van der Waals surface area contributed by atoms with Gasteiger partial charge in [-0.3, -0.25) is 0 Å². The fourth-order valence-corrected chi connectivity index (χ4v) is 0.481. The lowest BCUT2D eigenvalue weighted by atomic mass is 10.2. The maximum atomic E-state index is 11.5. The van der Waals surface area contributed by atoms with E-state index in [0.29, 0.717) is 0 Å². The molecule has 0 aromatic carbocycles. The molecule has 0 saturated heterocycles. The third kappa shape index (κ3) is 4.58. The maximum absolute atomic E-state index is 11.5. The molecule has 1 unspecified atom stereocenters. The van der Waals surface area contributed by atoms with Gasteiger partial charge in [0.25, 0.3) is 0 Å². The van der Waals surface area contributed by atoms with E-state index in [1.54, 1.807) is 0 Å². The van der Waals surface area contributed by atoms with Gasteiger partial charge < -0.3 is 9.84 Å². The van der Waals surface area contributed by atoms with Crippen molar-refractivity contribution < 1.29 is 23.0 Å². The standard InChI is InChI=1S/C5H9F3O2/c1-10-4(3-9)2-5(6,7)8/h4,9H,2-3H2,1H3. The quantitative estimate of drug-likeness (QED) is 0.662. The Morgan fingerprint density at radius 3 is 2.10 bits per heavy atom. The molecule has 0 aliphatic carbocycles. The normalized spacial score (nSPS) is 15.3. The first-order valence-corrected chi connectivity index (χ1v) is 2.70. The highest BCUT2D eigenvalue weighted by Gasteiger charge is 2.31. The summed E-state index contributed by atoms with van der Waals surface area (Å²) in [6.45, 7) is -0.601. The van der Waals surface area contributed by atoms with Crippen molar-refractivity contribution in [1.82, 2.24) is 0 Å². The van der Waals surface area contributed by atoms with E-state index >= 15 is 0 Å². The zero-order valence-corrected chi connectivity index (χ0v) is 5.48. The third-order valence-electron chi connectivity index (χ3n) is 0.996. The van der Waals surface area contributed by atoms with Crippen LogP contribution in [-0.2, 0) is 4.74 Å². The maximum Gasteiger partial charge on any atom is 0.391 e. The molecule has 62 valence electrons. The van der Waals surface area contributed by atoms with Gasteiger partial charge in [-0.1, -0.05) is 0 Å². The Hall–Kier alpha value is -0.290. The number of alkyl halides is 3. The van der Waals surface area contributed by atoms with E-state index in [1.165, 1.54) is 0 Å². The highest BCUT2D eigenvalue weighted by Crippen LogP contribution is 2.22. The van der Waals surface area contributed by atoms with Crippen LogP contribution in [0.25, 0.3) is 0 Å². The summed E-state index contributed by atoms with van der Waals surface area (Å²) >= 11 is 0. The van der Waals surface area contributed by atoms with Crippen molar-refractivity contribution in [1.29, 1.82) is 0 Å². The summed E-state index contributed by atoms with van der Waals surface area (Å²) < 4.78 is 38.8. The van der Waals surface area contributed by atoms with Gasteiger partial charge in [-0.25, -0.2) is 0 Å². The molecule has 0 bridgehead atoms. The second-order valence-electron chi connectivity index (χ2n) is 1.86. The van der Waals surface area contributed by atoms with Crippen LogP contribution in [0.15, 0.2) is 0 Å². The van der Waals surface area contributed by atoms with Crippen LogP contribution in [0.4, 0.5) is 13.2 Å². The number of methoxy groups -OCH3 is 1. The summed E-state index contributed by atoms with van der Waals surface area (Å²) in [7, 11) is 1.13. The number of ether oxygens (including phenoxy) is 1. The minimum Gasteiger partial charge on any atom is -0.394 e. The van der Waals surface area contributed by atoms with Gasteiger partial charge in [0.05, 0.1) is 19.1 Å². The smallest absolute Gasteiger partial charge is 0.391 e. The Morgan fingerprint density at radius 1 is 1.50 bits per heavy atom. The Morgan fingerprint density at radius 2 is 2.00 bits per heavy atom. The first-order valence-electron chi connectivity index (χ1n) is 2.70. The van der Waals surface area contributed by atoms with Crippen molar-refractivity contribution in [2.24, 2.45) is 0 Å². The largest absolute Gasteiger partial charge is 0.394 e. The van der Waals surface area contributed by atoms with Crippen molar-refractivity contribution in [2.75, 3.05) is 13.7 Å². The van der Waals surface area contributed by atoms with E-state index in [1.807, 2.05) is 0 Å². The lowest BCUT2D eigenvalue weighted by Crippen LogP contribution is -2.24. The second-order valence-corrected chi connectivity index (χ2v) is 1.86. The molecule has 0 heterocycles. The number of aliphatic hydroxyl groups excluding tert-OH is 1. The van der Waals surface area contributed by atoms with Gasteiger partial charge in [0.2, 0.25) is 0 Å². The molecule has 0 aliphatic rings. The van der Waals surface area contributed by atoms with Crippen LogP contribution < -0.4 is 0 Å². The highest BCUT2D eigenvalue weighted by molar-refractivity contribution is 4.60. The van der Waals surface area contributed by atoms with Crippen molar-refractivity contribution in [3.8, 4) is 0 Å². The Kier molecular flexibility index (Phi) is 3.67. The van der Waals surface area contributed by atoms with Crippen LogP contribution in [0, 0.1) is 0 Å². The van der Waals surface area contributed by atoms with Gasteiger partial charge in [-0.15, -0.1) is 0 Å². The minimum absolute atomic E-state index is 0.601. The molecule has 1 atom stereocenters. The molecule has 0 aromatic heterocycles. The highest BCUT2D eigenvalue weighted by atomic mass is 19.4. The van der Waals surface area contributed by atoms with Gasteiger partial charge >= 0.3 is 6.18 Å². The predicted octanol–water partition coefficient (Wildman–Crippen LogP) is 0.946. The monoisotopic (exact) mass is 158 g/mol. The second kappa shape index (κ2) is 3.78. The number of rotatable bonds is 3. The predicted molar refractivity (Wildman–Crippen MR) is 28.6 cm³/mol. The van der Waals surface area contributed by atoms with E-state index in [-0.39, 0.29) is 0 Å². The van der Waals surface area contributed by atoms with Crippen LogP contribution in [-0.4, -0.2) is 31.1 Å². The van der Waals surface area contributed by atoms with Crippen LogP contribution in [0.1, 0.15) is 6.42 Å². The van der Waals surface area contributed by atoms with Gasteiger partial charge in [-0.2, -0.15) is 13.2 Å². The first kappa shape index (κ1) is 9.71. The molecule has 0 rings (SSSR count). The van der Waals surface area contributed by atoms with Gasteiger partial charge in [0.15, 0.2) is 0 Å². The molecule has 0 saturated carbocycles. The fourth-order valence-electron chi connectivity index (χ4n) is 0.481. The van der Waals surface area contributed by atoms with Crippen molar-refractivity contribution >= 4 is 0 Å². The summed E-state index contributed by atoms with van der Waals surface area (Å²) in [6.07, 6.45) is -6.48. The van der Waals surface area contributed by atoms with Crippen LogP contribution in [0.3, 0.4) is 0 Å². The zero-order valence-electron chi connectivity index (χ0n) is 5.48. The molecule has 0 aliphatic heterocycles. The third-order valence-corrected chi connectivity index (χ3v) is 0.996. The number of halogens is 3. The Labute approximate surface area is 56.6 Å². The average molecular weight is 158 g/mol. The summed E-state index contributed by atoms with van der Waals surface area (Å²) in [6, 6.07) is 0. The number of hydrogen-bond acceptors (Lipinski definition) is 2. The molecular formula is C5H9F3O2. The number of aliphatic hydroxyl groups is 1. The average Bonchev–Trinajstić information content (AvgIpc) is 1.81. The summed E-state index contributed by atoms with van der Waals surface area (Å²) in [5, 5.41) is 8.26. The molecular weight excluding hydrogens is 149 g/mol. The SMILES string of the molecule is COC(CO)CC(F)(F)F. The van der Waals surface area contributed by atoms with E-state index in [2.05, 4.69) is 4.74 Å². The molecule has 0 aromatic rings. The topological polar surface area (TPSA) is 29.5 Å². The van der Waals surface area contributed by atoms with Gasteiger partial charge in [0.1, 0.15) is 0 Å². The van der Waals surface area contributed by atoms with E-state index in [9.17, 15) is 13.2 Å². The summed E-state index contributed by atoms with van der Waals surface area (Å²) in [5.41, 5.74) is 0. The Bertz CT molecular complexity index is 87.4. The molecule has 0 spiro atoms. The van der Waals surface area contributed by atoms with Crippen molar-refractivity contribution in [3.05, 3.63) is 0 Å². The Balaban J connectivity index is 3.63. The van der Waals surface area contributed by atoms with E-state index in [0.717, 1.165) is 7.11 Å². The van der Waals surface area contributed by atoms with Gasteiger partial charge in [-0.05, 0) is 0 Å². The molecule has 2 nitrogen and oxygen atoms in total. The summed E-state index contributed by atoms with van der Waals surface area (Å²) in [4.78, 5) is 0. The first-order chi connectivity index (χ1) is 4.49. The van der Waals surface area contributed by atoms with Crippen LogP contribution >= 0.6 is 0 Å². The van der Waals surface area contributed by atoms with E-state index in [4.69, 9.17) is 5.11 Å². The van der Waals surface area contributed by atoms with Crippen LogP contribution in [0.5, 0.6) is 0 Å². The molecule has 0 fully saturated rings.